The smallest absolute Gasteiger partial charge is 0.263 e. The predicted molar refractivity (Wildman–Crippen MR) is 106 cm³/mol. The maximum absolute atomic E-state index is 13.1. The molecule has 5 heteroatoms. The summed E-state index contributed by atoms with van der Waals surface area (Å²) in [6, 6.07) is 12.2. The van der Waals surface area contributed by atoms with Gasteiger partial charge >= 0.3 is 0 Å². The molecule has 0 amide bonds. The van der Waals surface area contributed by atoms with Crippen molar-refractivity contribution in [2.75, 3.05) is 0 Å². The molecule has 0 unspecified atom stereocenters. The van der Waals surface area contributed by atoms with Crippen LogP contribution in [0.15, 0.2) is 57.3 Å². The fraction of sp³-hybridized carbons (Fsp3) is 0.100. The van der Waals surface area contributed by atoms with Crippen molar-refractivity contribution in [3.63, 3.8) is 0 Å². The maximum atomic E-state index is 13.1. The van der Waals surface area contributed by atoms with Crippen molar-refractivity contribution in [1.29, 1.82) is 0 Å². The van der Waals surface area contributed by atoms with E-state index in [-0.39, 0.29) is 5.56 Å². The Balaban J connectivity index is 1.72. The van der Waals surface area contributed by atoms with Crippen LogP contribution in [0.25, 0.3) is 33.0 Å². The number of fused-ring (bicyclic) bond motifs is 2. The molecule has 0 spiro atoms. The lowest BCUT2D eigenvalue weighted by atomic mass is 10.1. The first kappa shape index (κ1) is 14.8. The van der Waals surface area contributed by atoms with Crippen LogP contribution < -0.4 is 5.56 Å². The van der Waals surface area contributed by atoms with Crippen LogP contribution in [0.1, 0.15) is 17.8 Å². The first-order valence-electron chi connectivity index (χ1n) is 8.12. The highest BCUT2D eigenvalue weighted by Gasteiger charge is 2.23. The highest BCUT2D eigenvalue weighted by atomic mass is 32.1. The average molecular weight is 362 g/mol. The fourth-order valence-corrected chi connectivity index (χ4v) is 4.90. The monoisotopic (exact) mass is 362 g/mol. The zero-order valence-corrected chi connectivity index (χ0v) is 14.9. The lowest BCUT2D eigenvalue weighted by molar-refractivity contribution is 0.726. The summed E-state index contributed by atoms with van der Waals surface area (Å²) in [5, 5.41) is 6.98. The SMILES string of the molecule is O=c1c2c(-c3ccccc3)csc2nc2n1CC/C2=C\c1ccsc1. The Morgan fingerprint density at radius 2 is 2.00 bits per heavy atom. The van der Waals surface area contributed by atoms with Gasteiger partial charge in [0, 0.05) is 17.5 Å². The van der Waals surface area contributed by atoms with Crippen molar-refractivity contribution >= 4 is 44.5 Å². The second kappa shape index (κ2) is 5.79. The quantitative estimate of drug-likeness (QED) is 0.495. The Labute approximate surface area is 152 Å². The maximum Gasteiger partial charge on any atom is 0.263 e. The Kier molecular flexibility index (Phi) is 3.43. The third-order valence-electron chi connectivity index (χ3n) is 4.55. The molecule has 0 N–H and O–H groups in total. The number of rotatable bonds is 2. The molecule has 0 atom stereocenters. The molecule has 0 radical (unpaired) electrons. The zero-order valence-electron chi connectivity index (χ0n) is 13.3. The Bertz CT molecular complexity index is 1150. The van der Waals surface area contributed by atoms with Crippen molar-refractivity contribution in [3.05, 3.63) is 74.3 Å². The lowest BCUT2D eigenvalue weighted by Gasteiger charge is -2.04. The van der Waals surface area contributed by atoms with Crippen LogP contribution in [0.4, 0.5) is 0 Å². The Hall–Kier alpha value is -2.50. The molecule has 25 heavy (non-hydrogen) atoms. The van der Waals surface area contributed by atoms with Crippen molar-refractivity contribution in [1.82, 2.24) is 9.55 Å². The van der Waals surface area contributed by atoms with Crippen molar-refractivity contribution in [2.24, 2.45) is 0 Å². The van der Waals surface area contributed by atoms with Gasteiger partial charge < -0.3 is 0 Å². The summed E-state index contributed by atoms with van der Waals surface area (Å²) in [6.45, 7) is 0.706. The summed E-state index contributed by atoms with van der Waals surface area (Å²) >= 11 is 3.23. The van der Waals surface area contributed by atoms with E-state index in [0.29, 0.717) is 6.54 Å². The van der Waals surface area contributed by atoms with E-state index in [9.17, 15) is 4.79 Å². The van der Waals surface area contributed by atoms with E-state index in [2.05, 4.69) is 22.9 Å². The van der Waals surface area contributed by atoms with Gasteiger partial charge in [-0.15, -0.1) is 11.3 Å². The number of allylic oxidation sites excluding steroid dienone is 1. The number of hydrogen-bond acceptors (Lipinski definition) is 4. The van der Waals surface area contributed by atoms with E-state index < -0.39 is 0 Å². The third-order valence-corrected chi connectivity index (χ3v) is 6.13. The van der Waals surface area contributed by atoms with Crippen LogP contribution in [0.2, 0.25) is 0 Å². The van der Waals surface area contributed by atoms with E-state index in [1.165, 1.54) is 5.56 Å². The molecule has 4 aromatic rings. The largest absolute Gasteiger partial charge is 0.292 e. The van der Waals surface area contributed by atoms with Gasteiger partial charge in [0.1, 0.15) is 10.7 Å². The first-order chi connectivity index (χ1) is 12.3. The summed E-state index contributed by atoms with van der Waals surface area (Å²) < 4.78 is 1.83. The average Bonchev–Trinajstić information content (AvgIpc) is 3.37. The van der Waals surface area contributed by atoms with E-state index in [4.69, 9.17) is 4.98 Å². The molecule has 122 valence electrons. The summed E-state index contributed by atoms with van der Waals surface area (Å²) in [6.07, 6.45) is 3.01. The van der Waals surface area contributed by atoms with E-state index in [1.54, 1.807) is 22.7 Å². The normalized spacial score (nSPS) is 15.1. The molecule has 1 aromatic carbocycles. The number of benzene rings is 1. The second-order valence-electron chi connectivity index (χ2n) is 6.06. The molecule has 0 saturated heterocycles. The van der Waals surface area contributed by atoms with Crippen LogP contribution >= 0.6 is 22.7 Å². The molecule has 0 bridgehead atoms. The molecule has 0 aliphatic carbocycles. The summed E-state index contributed by atoms with van der Waals surface area (Å²) in [7, 11) is 0. The van der Waals surface area contributed by atoms with E-state index in [0.717, 1.165) is 39.2 Å². The number of thiophene rings is 2. The molecule has 3 nitrogen and oxygen atoms in total. The first-order valence-corrected chi connectivity index (χ1v) is 9.94. The number of nitrogens with zero attached hydrogens (tertiary/aromatic N) is 2. The predicted octanol–water partition coefficient (Wildman–Crippen LogP) is 5.13. The molecule has 0 saturated carbocycles. The van der Waals surface area contributed by atoms with Gasteiger partial charge in [-0.25, -0.2) is 4.98 Å². The van der Waals surface area contributed by atoms with E-state index in [1.807, 2.05) is 40.3 Å². The Morgan fingerprint density at radius 3 is 2.80 bits per heavy atom. The zero-order chi connectivity index (χ0) is 16.8. The van der Waals surface area contributed by atoms with Crippen LogP contribution in [0.3, 0.4) is 0 Å². The lowest BCUT2D eigenvalue weighted by Crippen LogP contribution is -2.20. The van der Waals surface area contributed by atoms with Crippen molar-refractivity contribution in [2.45, 2.75) is 13.0 Å². The standard InChI is InChI=1S/C20H14N2OS2/c23-20-17-16(14-4-2-1-3-5-14)12-25-19(17)21-18-15(6-8-22(18)20)10-13-7-9-24-11-13/h1-5,7,9-12H,6,8H2/b15-10+. The molecule has 1 aliphatic heterocycles. The number of aromatic nitrogens is 2. The minimum Gasteiger partial charge on any atom is -0.292 e. The van der Waals surface area contributed by atoms with Crippen LogP contribution in [0.5, 0.6) is 0 Å². The van der Waals surface area contributed by atoms with E-state index >= 15 is 0 Å². The van der Waals surface area contributed by atoms with Gasteiger partial charge in [0.2, 0.25) is 0 Å². The molecule has 4 heterocycles. The Morgan fingerprint density at radius 1 is 1.12 bits per heavy atom. The highest BCUT2D eigenvalue weighted by Crippen LogP contribution is 2.34. The third kappa shape index (κ3) is 2.39. The van der Waals surface area contributed by atoms with Crippen molar-refractivity contribution < 1.29 is 0 Å². The molecule has 0 fully saturated rings. The minimum atomic E-state index is 0.0776. The second-order valence-corrected chi connectivity index (χ2v) is 7.70. The van der Waals surface area contributed by atoms with Crippen LogP contribution in [0, 0.1) is 0 Å². The fourth-order valence-electron chi connectivity index (χ4n) is 3.35. The summed E-state index contributed by atoms with van der Waals surface area (Å²) in [5.41, 5.74) is 4.46. The molecule has 1 aliphatic rings. The van der Waals surface area contributed by atoms with Gasteiger partial charge in [-0.2, -0.15) is 11.3 Å². The van der Waals surface area contributed by atoms with Gasteiger partial charge in [0.05, 0.1) is 5.39 Å². The van der Waals surface area contributed by atoms with Gasteiger partial charge in [-0.1, -0.05) is 30.3 Å². The van der Waals surface area contributed by atoms with Crippen LogP contribution in [-0.2, 0) is 6.54 Å². The topological polar surface area (TPSA) is 34.9 Å². The van der Waals surface area contributed by atoms with Gasteiger partial charge in [0.15, 0.2) is 0 Å². The molecular formula is C20H14N2OS2. The van der Waals surface area contributed by atoms with Gasteiger partial charge in [-0.05, 0) is 46.0 Å². The summed E-state index contributed by atoms with van der Waals surface area (Å²) in [4.78, 5) is 18.8. The molecule has 5 rings (SSSR count). The van der Waals surface area contributed by atoms with Crippen molar-refractivity contribution in [3.8, 4) is 11.1 Å². The molecular weight excluding hydrogens is 348 g/mol. The highest BCUT2D eigenvalue weighted by molar-refractivity contribution is 7.17. The van der Waals surface area contributed by atoms with Gasteiger partial charge in [0.25, 0.3) is 5.56 Å². The molecule has 3 aromatic heterocycles. The summed E-state index contributed by atoms with van der Waals surface area (Å²) in [5.74, 6) is 0.824. The van der Waals surface area contributed by atoms with Gasteiger partial charge in [-0.3, -0.25) is 9.36 Å². The number of hydrogen-bond donors (Lipinski definition) is 0. The minimum absolute atomic E-state index is 0.0776. The van der Waals surface area contributed by atoms with Crippen LogP contribution in [-0.4, -0.2) is 9.55 Å².